The lowest BCUT2D eigenvalue weighted by atomic mass is 9.96. The number of amides is 1. The molecule has 1 amide bonds. The summed E-state index contributed by atoms with van der Waals surface area (Å²) < 4.78 is 34.1. The van der Waals surface area contributed by atoms with Crippen LogP contribution in [-0.4, -0.2) is 193 Å². The van der Waals surface area contributed by atoms with Gasteiger partial charge in [0.1, 0.15) is 73.2 Å². The Kier molecular flexibility index (Phi) is 34.9. The molecule has 0 saturated carbocycles. The van der Waals surface area contributed by atoms with Crippen molar-refractivity contribution in [3.05, 3.63) is 48.6 Å². The summed E-state index contributed by atoms with van der Waals surface area (Å²) in [5.41, 5.74) is 0. The molecule has 0 aromatic carbocycles. The van der Waals surface area contributed by atoms with Gasteiger partial charge in [0.2, 0.25) is 5.91 Å². The maximum Gasteiger partial charge on any atom is 0.220 e. The standard InChI is InChI=1S/C55H97NO18/c1-3-5-7-9-11-13-15-17-18-19-21-22-24-26-28-30-32-39(60)38(56-43(61)33-31-29-27-25-23-20-16-14-12-10-8-6-4-2)37-69-53-49(67)46(64)51(41(35-58)71-53)74-55-50(68)47(65)52(42(36-59)72-55)73-54-48(66)45(63)44(62)40(34-57)70-54/h8,10,14,16,22,24,30,32,38-42,44-55,57-60,62-68H,3-7,9,11-13,15,17-21,23,25-29,31,33-37H2,1-2H3,(H,56,61)/b10-8-,16-14-,24-22+,32-30+. The molecule has 74 heavy (non-hydrogen) atoms. The summed E-state index contributed by atoms with van der Waals surface area (Å²) in [5.74, 6) is -0.304. The molecule has 19 heteroatoms. The first-order chi connectivity index (χ1) is 35.8. The van der Waals surface area contributed by atoms with Crippen molar-refractivity contribution in [3.8, 4) is 0 Å². The molecule has 3 fully saturated rings. The average molecular weight is 1060 g/mol. The Bertz CT molecular complexity index is 1550. The lowest BCUT2D eigenvalue weighted by molar-refractivity contribution is -0.379. The number of carbonyl (C=O) groups is 1. The molecule has 0 spiro atoms. The monoisotopic (exact) mass is 1060 g/mol. The fourth-order valence-corrected chi connectivity index (χ4v) is 9.18. The Morgan fingerprint density at radius 3 is 1.49 bits per heavy atom. The van der Waals surface area contributed by atoms with E-state index in [-0.39, 0.29) is 18.9 Å². The molecule has 0 bridgehead atoms. The van der Waals surface area contributed by atoms with E-state index >= 15 is 0 Å². The number of aliphatic hydroxyl groups excluding tert-OH is 11. The van der Waals surface area contributed by atoms with Gasteiger partial charge in [-0.15, -0.1) is 0 Å². The molecule has 3 heterocycles. The maximum absolute atomic E-state index is 13.2. The van der Waals surface area contributed by atoms with Gasteiger partial charge in [0.15, 0.2) is 18.9 Å². The number of hydrogen-bond donors (Lipinski definition) is 12. The molecule has 430 valence electrons. The van der Waals surface area contributed by atoms with Gasteiger partial charge in [-0.05, 0) is 57.8 Å². The first-order valence-electron chi connectivity index (χ1n) is 27.9. The number of carbonyl (C=O) groups excluding carboxylic acids is 1. The van der Waals surface area contributed by atoms with Crippen molar-refractivity contribution >= 4 is 5.91 Å². The number of nitrogens with one attached hydrogen (secondary N) is 1. The number of hydrogen-bond acceptors (Lipinski definition) is 18. The topological polar surface area (TPSA) is 307 Å². The molecule has 0 aliphatic carbocycles. The first-order valence-corrected chi connectivity index (χ1v) is 27.9. The van der Waals surface area contributed by atoms with E-state index in [0.717, 1.165) is 70.6 Å². The Hall–Kier alpha value is -2.25. The van der Waals surface area contributed by atoms with Crippen LogP contribution in [0.25, 0.3) is 0 Å². The van der Waals surface area contributed by atoms with Crippen LogP contribution in [0.3, 0.4) is 0 Å². The maximum atomic E-state index is 13.2. The van der Waals surface area contributed by atoms with Gasteiger partial charge >= 0.3 is 0 Å². The van der Waals surface area contributed by atoms with Crippen molar-refractivity contribution in [2.24, 2.45) is 0 Å². The van der Waals surface area contributed by atoms with Crippen LogP contribution in [0.15, 0.2) is 48.6 Å². The highest BCUT2D eigenvalue weighted by Gasteiger charge is 2.53. The smallest absolute Gasteiger partial charge is 0.220 e. The zero-order chi connectivity index (χ0) is 54.1. The molecule has 3 saturated heterocycles. The molecule has 17 unspecified atom stereocenters. The van der Waals surface area contributed by atoms with E-state index in [2.05, 4.69) is 55.6 Å². The van der Waals surface area contributed by atoms with Crippen LogP contribution in [0.5, 0.6) is 0 Å². The van der Waals surface area contributed by atoms with Crippen molar-refractivity contribution in [2.75, 3.05) is 26.4 Å². The minimum Gasteiger partial charge on any atom is -0.394 e. The molecule has 19 nitrogen and oxygen atoms in total. The lowest BCUT2D eigenvalue weighted by Gasteiger charge is -2.48. The average Bonchev–Trinajstić information content (AvgIpc) is 3.40. The highest BCUT2D eigenvalue weighted by molar-refractivity contribution is 5.76. The van der Waals surface area contributed by atoms with Gasteiger partial charge in [0, 0.05) is 6.42 Å². The minimum absolute atomic E-state index is 0.217. The second-order valence-electron chi connectivity index (χ2n) is 20.0. The van der Waals surface area contributed by atoms with Crippen LogP contribution < -0.4 is 5.32 Å². The number of rotatable bonds is 39. The quantitative estimate of drug-likeness (QED) is 0.0310. The normalized spacial score (nSPS) is 31.8. The third kappa shape index (κ3) is 23.8. The van der Waals surface area contributed by atoms with Crippen LogP contribution in [0.4, 0.5) is 0 Å². The molecule has 0 radical (unpaired) electrons. The molecule has 3 rings (SSSR count). The number of allylic oxidation sites excluding steroid dienone is 7. The third-order valence-electron chi connectivity index (χ3n) is 13.8. The van der Waals surface area contributed by atoms with Crippen molar-refractivity contribution in [1.82, 2.24) is 5.32 Å². The first kappa shape index (κ1) is 66.0. The summed E-state index contributed by atoms with van der Waals surface area (Å²) in [6, 6.07) is -0.996. The summed E-state index contributed by atoms with van der Waals surface area (Å²) in [6.07, 6.45) is 13.9. The SMILES string of the molecule is CCC/C=C\C/C=C\CCCCCCCC(=O)NC(COC1OC(CO)C(OC2OC(CO)C(OC3OC(CO)C(O)C(O)C3O)C(O)C2O)C(O)C1O)C(O)/C=C/CC/C=C/CCCCCCCCCCCC. The van der Waals surface area contributed by atoms with Crippen LogP contribution in [0, 0.1) is 0 Å². The summed E-state index contributed by atoms with van der Waals surface area (Å²) in [6.45, 7) is 1.59. The van der Waals surface area contributed by atoms with Gasteiger partial charge in [0.25, 0.3) is 0 Å². The Balaban J connectivity index is 1.56. The van der Waals surface area contributed by atoms with Gasteiger partial charge < -0.3 is 89.9 Å². The van der Waals surface area contributed by atoms with E-state index in [4.69, 9.17) is 28.4 Å². The largest absolute Gasteiger partial charge is 0.394 e. The molecule has 3 aliphatic heterocycles. The van der Waals surface area contributed by atoms with E-state index in [1.807, 2.05) is 6.08 Å². The summed E-state index contributed by atoms with van der Waals surface area (Å²) >= 11 is 0. The third-order valence-corrected chi connectivity index (χ3v) is 13.8. The summed E-state index contributed by atoms with van der Waals surface area (Å²) in [7, 11) is 0. The molecule has 3 aliphatic rings. The Morgan fingerprint density at radius 2 is 0.932 bits per heavy atom. The van der Waals surface area contributed by atoms with Crippen molar-refractivity contribution in [1.29, 1.82) is 0 Å². The summed E-state index contributed by atoms with van der Waals surface area (Å²) in [5, 5.41) is 120. The molecule has 12 N–H and O–H groups in total. The van der Waals surface area contributed by atoms with Crippen LogP contribution in [-0.2, 0) is 33.2 Å². The zero-order valence-corrected chi connectivity index (χ0v) is 44.3. The Labute approximate surface area is 440 Å². The highest BCUT2D eigenvalue weighted by Crippen LogP contribution is 2.33. The minimum atomic E-state index is -1.98. The van der Waals surface area contributed by atoms with Crippen molar-refractivity contribution in [3.63, 3.8) is 0 Å². The van der Waals surface area contributed by atoms with Crippen molar-refractivity contribution in [2.45, 2.75) is 266 Å². The highest BCUT2D eigenvalue weighted by atomic mass is 16.8. The van der Waals surface area contributed by atoms with Crippen LogP contribution in [0.1, 0.15) is 162 Å². The second-order valence-corrected chi connectivity index (χ2v) is 20.0. The van der Waals surface area contributed by atoms with Gasteiger partial charge in [-0.25, -0.2) is 0 Å². The van der Waals surface area contributed by atoms with E-state index in [9.17, 15) is 61.0 Å². The number of unbranched alkanes of at least 4 members (excludes halogenated alkanes) is 17. The van der Waals surface area contributed by atoms with Crippen LogP contribution in [0.2, 0.25) is 0 Å². The van der Waals surface area contributed by atoms with Gasteiger partial charge in [-0.2, -0.15) is 0 Å². The van der Waals surface area contributed by atoms with E-state index in [0.29, 0.717) is 12.8 Å². The van der Waals surface area contributed by atoms with Gasteiger partial charge in [0.05, 0.1) is 38.6 Å². The number of aliphatic hydroxyl groups is 11. The van der Waals surface area contributed by atoms with Crippen LogP contribution >= 0.6 is 0 Å². The Morgan fingerprint density at radius 1 is 0.486 bits per heavy atom. The predicted octanol–water partition coefficient (Wildman–Crippen LogP) is 3.53. The van der Waals surface area contributed by atoms with E-state index < -0.39 is 124 Å². The van der Waals surface area contributed by atoms with E-state index in [1.165, 1.54) is 57.8 Å². The molecule has 17 atom stereocenters. The zero-order valence-electron chi connectivity index (χ0n) is 44.3. The van der Waals surface area contributed by atoms with E-state index in [1.54, 1.807) is 6.08 Å². The van der Waals surface area contributed by atoms with Gasteiger partial charge in [-0.3, -0.25) is 4.79 Å². The predicted molar refractivity (Wildman–Crippen MR) is 277 cm³/mol. The van der Waals surface area contributed by atoms with Crippen molar-refractivity contribution < 1.29 is 89.4 Å². The molecular weight excluding hydrogens is 963 g/mol. The second kappa shape index (κ2) is 39.2. The fourth-order valence-electron chi connectivity index (χ4n) is 9.18. The fraction of sp³-hybridized carbons (Fsp3) is 0.836. The molecular formula is C55H97NO18. The molecule has 0 aromatic rings. The summed E-state index contributed by atoms with van der Waals surface area (Å²) in [4.78, 5) is 13.2. The number of ether oxygens (including phenoxy) is 6. The molecule has 0 aromatic heterocycles. The van der Waals surface area contributed by atoms with Gasteiger partial charge in [-0.1, -0.05) is 146 Å². The lowest BCUT2D eigenvalue weighted by Crippen LogP contribution is -2.66.